The van der Waals surface area contributed by atoms with Crippen molar-refractivity contribution in [2.75, 3.05) is 11.9 Å². The summed E-state index contributed by atoms with van der Waals surface area (Å²) in [6.07, 6.45) is 5.91. The van der Waals surface area contributed by atoms with Crippen LogP contribution >= 0.6 is 0 Å². The maximum atomic E-state index is 12.1. The predicted molar refractivity (Wildman–Crippen MR) is 124 cm³/mol. The van der Waals surface area contributed by atoms with E-state index in [1.807, 2.05) is 18.3 Å². The Morgan fingerprint density at radius 3 is 2.38 bits per heavy atom. The Labute approximate surface area is 187 Å². The number of carboxylic acids is 1. The number of benzene rings is 1. The number of aliphatic carboxylic acids is 1. The van der Waals surface area contributed by atoms with E-state index in [4.69, 9.17) is 5.11 Å². The van der Waals surface area contributed by atoms with Gasteiger partial charge in [-0.25, -0.2) is 4.98 Å². The van der Waals surface area contributed by atoms with Crippen LogP contribution < -0.4 is 10.6 Å². The van der Waals surface area contributed by atoms with Crippen LogP contribution in [0, 0.1) is 5.92 Å². The largest absolute Gasteiger partial charge is 0.481 e. The van der Waals surface area contributed by atoms with E-state index in [2.05, 4.69) is 58.7 Å². The van der Waals surface area contributed by atoms with Gasteiger partial charge in [0.2, 0.25) is 0 Å². The SMILES string of the molecule is CC(C)CC(Nc1ccc(C(=O)NCCC(=O)O)cn1)c1ccc(-c2cccnc2)cc1. The van der Waals surface area contributed by atoms with Gasteiger partial charge in [0.25, 0.3) is 5.91 Å². The first-order chi connectivity index (χ1) is 15.4. The van der Waals surface area contributed by atoms with Crippen LogP contribution in [0.5, 0.6) is 0 Å². The van der Waals surface area contributed by atoms with E-state index < -0.39 is 5.97 Å². The number of nitrogens with one attached hydrogen (secondary N) is 2. The zero-order valence-corrected chi connectivity index (χ0v) is 18.3. The average molecular weight is 433 g/mol. The molecule has 0 bridgehead atoms. The summed E-state index contributed by atoms with van der Waals surface area (Å²) in [4.78, 5) is 31.2. The Balaban J connectivity index is 1.69. The van der Waals surface area contributed by atoms with Gasteiger partial charge in [0.1, 0.15) is 5.82 Å². The molecule has 1 atom stereocenters. The maximum Gasteiger partial charge on any atom is 0.305 e. The molecule has 3 aromatic rings. The van der Waals surface area contributed by atoms with Crippen molar-refractivity contribution < 1.29 is 14.7 Å². The molecule has 0 aliphatic heterocycles. The second-order valence-corrected chi connectivity index (χ2v) is 8.02. The van der Waals surface area contributed by atoms with Crippen LogP contribution in [-0.2, 0) is 4.79 Å². The summed E-state index contributed by atoms with van der Waals surface area (Å²) in [5.41, 5.74) is 3.73. The molecule has 2 heterocycles. The number of carbonyl (C=O) groups excluding carboxylic acids is 1. The zero-order chi connectivity index (χ0) is 22.9. The Kier molecular flexibility index (Phi) is 7.91. The monoisotopic (exact) mass is 432 g/mol. The van der Waals surface area contributed by atoms with Gasteiger partial charge in [0.15, 0.2) is 0 Å². The summed E-state index contributed by atoms with van der Waals surface area (Å²) in [5.74, 6) is -0.137. The Morgan fingerprint density at radius 1 is 1.00 bits per heavy atom. The maximum absolute atomic E-state index is 12.1. The molecule has 2 aromatic heterocycles. The Hall–Kier alpha value is -3.74. The fraction of sp³-hybridized carbons (Fsp3) is 0.280. The first-order valence-electron chi connectivity index (χ1n) is 10.7. The predicted octanol–water partition coefficient (Wildman–Crippen LogP) is 4.55. The molecule has 1 unspecified atom stereocenters. The topological polar surface area (TPSA) is 104 Å². The lowest BCUT2D eigenvalue weighted by molar-refractivity contribution is -0.136. The minimum atomic E-state index is -0.951. The molecule has 7 heteroatoms. The standard InChI is InChI=1S/C25H28N4O3/c1-17(2)14-22(19-7-5-18(6-8-19)20-4-3-12-26-15-20)29-23-10-9-21(16-28-23)25(32)27-13-11-24(30)31/h3-10,12,15-17,22H,11,13-14H2,1-2H3,(H,27,32)(H,28,29)(H,30,31). The van der Waals surface area contributed by atoms with E-state index in [9.17, 15) is 9.59 Å². The van der Waals surface area contributed by atoms with E-state index in [1.165, 1.54) is 6.20 Å². The van der Waals surface area contributed by atoms with Crippen molar-refractivity contribution in [1.29, 1.82) is 0 Å². The first-order valence-corrected chi connectivity index (χ1v) is 10.7. The number of carboxylic acid groups (broad SMARTS) is 1. The zero-order valence-electron chi connectivity index (χ0n) is 18.3. The van der Waals surface area contributed by atoms with Crippen molar-refractivity contribution in [2.24, 2.45) is 5.92 Å². The summed E-state index contributed by atoms with van der Waals surface area (Å²) >= 11 is 0. The summed E-state index contributed by atoms with van der Waals surface area (Å²) in [6.45, 7) is 4.44. The third-order valence-corrected chi connectivity index (χ3v) is 4.99. The molecule has 1 aromatic carbocycles. The van der Waals surface area contributed by atoms with Crippen molar-refractivity contribution >= 4 is 17.7 Å². The average Bonchev–Trinajstić information content (AvgIpc) is 2.79. The lowest BCUT2D eigenvalue weighted by Crippen LogP contribution is -2.26. The quantitative estimate of drug-likeness (QED) is 0.434. The molecule has 0 saturated heterocycles. The molecule has 166 valence electrons. The van der Waals surface area contributed by atoms with E-state index in [0.717, 1.165) is 23.1 Å². The molecule has 1 amide bonds. The highest BCUT2D eigenvalue weighted by Gasteiger charge is 2.15. The normalized spacial score (nSPS) is 11.7. The highest BCUT2D eigenvalue weighted by molar-refractivity contribution is 5.94. The van der Waals surface area contributed by atoms with Gasteiger partial charge in [-0.1, -0.05) is 44.2 Å². The Bertz CT molecular complexity index is 1020. The van der Waals surface area contributed by atoms with Crippen molar-refractivity contribution in [1.82, 2.24) is 15.3 Å². The van der Waals surface area contributed by atoms with Gasteiger partial charge in [-0.05, 0) is 47.2 Å². The summed E-state index contributed by atoms with van der Waals surface area (Å²) < 4.78 is 0. The fourth-order valence-corrected chi connectivity index (χ4v) is 3.37. The Morgan fingerprint density at radius 2 is 1.78 bits per heavy atom. The van der Waals surface area contributed by atoms with Gasteiger partial charge in [-0.15, -0.1) is 0 Å². The number of anilines is 1. The van der Waals surface area contributed by atoms with E-state index in [-0.39, 0.29) is 24.9 Å². The molecule has 3 N–H and O–H groups in total. The van der Waals surface area contributed by atoms with Crippen molar-refractivity contribution in [3.8, 4) is 11.1 Å². The van der Waals surface area contributed by atoms with E-state index >= 15 is 0 Å². The van der Waals surface area contributed by atoms with Gasteiger partial charge in [0.05, 0.1) is 18.0 Å². The lowest BCUT2D eigenvalue weighted by atomic mass is 9.95. The van der Waals surface area contributed by atoms with E-state index in [1.54, 1.807) is 18.3 Å². The first kappa shape index (κ1) is 22.9. The number of aromatic nitrogens is 2. The second-order valence-electron chi connectivity index (χ2n) is 8.02. The van der Waals surface area contributed by atoms with Crippen LogP contribution in [-0.4, -0.2) is 33.5 Å². The molecule has 7 nitrogen and oxygen atoms in total. The third-order valence-electron chi connectivity index (χ3n) is 4.99. The molecule has 0 aliphatic carbocycles. The highest BCUT2D eigenvalue weighted by atomic mass is 16.4. The number of hydrogen-bond donors (Lipinski definition) is 3. The van der Waals surface area contributed by atoms with Crippen molar-refractivity contribution in [3.63, 3.8) is 0 Å². The molecular formula is C25H28N4O3. The van der Waals surface area contributed by atoms with Gasteiger partial charge in [0, 0.05) is 25.1 Å². The number of pyridine rings is 2. The van der Waals surface area contributed by atoms with Gasteiger partial charge in [-0.3, -0.25) is 14.6 Å². The number of hydrogen-bond acceptors (Lipinski definition) is 5. The molecule has 0 saturated carbocycles. The molecular weight excluding hydrogens is 404 g/mol. The molecule has 0 spiro atoms. The van der Waals surface area contributed by atoms with Crippen LogP contribution in [0.25, 0.3) is 11.1 Å². The smallest absolute Gasteiger partial charge is 0.305 e. The number of carbonyl (C=O) groups is 2. The summed E-state index contributed by atoms with van der Waals surface area (Å²) in [7, 11) is 0. The van der Waals surface area contributed by atoms with Crippen LogP contribution in [0.4, 0.5) is 5.82 Å². The summed E-state index contributed by atoms with van der Waals surface area (Å²) in [6, 6.07) is 15.9. The van der Waals surface area contributed by atoms with E-state index in [0.29, 0.717) is 17.3 Å². The molecule has 3 rings (SSSR count). The highest BCUT2D eigenvalue weighted by Crippen LogP contribution is 2.27. The van der Waals surface area contributed by atoms with Crippen LogP contribution in [0.3, 0.4) is 0 Å². The summed E-state index contributed by atoms with van der Waals surface area (Å²) in [5, 5.41) is 14.7. The van der Waals surface area contributed by atoms with Crippen LogP contribution in [0.15, 0.2) is 67.1 Å². The second kappa shape index (κ2) is 11.0. The van der Waals surface area contributed by atoms with Gasteiger partial charge in [-0.2, -0.15) is 0 Å². The molecule has 32 heavy (non-hydrogen) atoms. The lowest BCUT2D eigenvalue weighted by Gasteiger charge is -2.22. The fourth-order valence-electron chi connectivity index (χ4n) is 3.37. The minimum Gasteiger partial charge on any atom is -0.481 e. The van der Waals surface area contributed by atoms with Crippen molar-refractivity contribution in [2.45, 2.75) is 32.7 Å². The van der Waals surface area contributed by atoms with Gasteiger partial charge >= 0.3 is 5.97 Å². The number of amides is 1. The molecule has 0 radical (unpaired) electrons. The molecule has 0 aliphatic rings. The third kappa shape index (κ3) is 6.63. The number of nitrogens with zero attached hydrogens (tertiary/aromatic N) is 2. The molecule has 0 fully saturated rings. The van der Waals surface area contributed by atoms with Gasteiger partial charge < -0.3 is 15.7 Å². The number of rotatable bonds is 10. The van der Waals surface area contributed by atoms with Crippen LogP contribution in [0.1, 0.15) is 48.7 Å². The van der Waals surface area contributed by atoms with Crippen LogP contribution in [0.2, 0.25) is 0 Å². The minimum absolute atomic E-state index is 0.0701. The van der Waals surface area contributed by atoms with Crippen molar-refractivity contribution in [3.05, 3.63) is 78.2 Å².